The average molecular weight is 437 g/mol. The van der Waals surface area contributed by atoms with E-state index in [-0.39, 0.29) is 28.9 Å². The molecule has 5 nitrogen and oxygen atoms in total. The molecule has 5 rings (SSSR count). The lowest BCUT2D eigenvalue weighted by atomic mass is 9.48. The van der Waals surface area contributed by atoms with Crippen LogP contribution >= 0.6 is 0 Å². The van der Waals surface area contributed by atoms with Crippen LogP contribution in [0.15, 0.2) is 36.4 Å². The quantitative estimate of drug-likeness (QED) is 0.702. The normalized spacial score (nSPS) is 40.3. The molecule has 5 heteroatoms. The summed E-state index contributed by atoms with van der Waals surface area (Å²) in [5.41, 5.74) is 1.13. The number of ether oxygens (including phenoxy) is 1. The van der Waals surface area contributed by atoms with Gasteiger partial charge in [-0.1, -0.05) is 38.1 Å². The molecule has 0 spiro atoms. The molecule has 0 bridgehead atoms. The van der Waals surface area contributed by atoms with Gasteiger partial charge in [0.25, 0.3) is 0 Å². The Hall–Kier alpha value is -2.30. The molecule has 2 amide bonds. The number of nitrogens with zero attached hydrogens (tertiary/aromatic N) is 1. The smallest absolute Gasteiger partial charge is 0.410 e. The number of hydrogen-bond acceptors (Lipinski definition) is 3. The van der Waals surface area contributed by atoms with Crippen LogP contribution in [0, 0.1) is 35.5 Å². The van der Waals surface area contributed by atoms with E-state index in [0.717, 1.165) is 37.7 Å². The zero-order valence-electron chi connectivity index (χ0n) is 19.8. The number of para-hydroxylation sites is 1. The highest BCUT2D eigenvalue weighted by atomic mass is 16.6. The van der Waals surface area contributed by atoms with Crippen molar-refractivity contribution in [2.45, 2.75) is 71.4 Å². The first-order valence-corrected chi connectivity index (χ1v) is 12.2. The molecule has 0 radical (unpaired) electrons. The average Bonchev–Trinajstić information content (AvgIpc) is 3.09. The second-order valence-electron chi connectivity index (χ2n) is 11.1. The molecule has 4 aliphatic rings. The maximum atomic E-state index is 12.7. The highest BCUT2D eigenvalue weighted by Crippen LogP contribution is 2.63. The molecular weight excluding hydrogens is 400 g/mol. The number of likely N-dealkylation sites (N-methyl/N-ethyl adjacent to an activating group) is 1. The topological polar surface area (TPSA) is 58.6 Å². The van der Waals surface area contributed by atoms with Gasteiger partial charge >= 0.3 is 6.09 Å². The fourth-order valence-electron chi connectivity index (χ4n) is 7.92. The molecule has 3 aliphatic carbocycles. The Kier molecular flexibility index (Phi) is 5.14. The predicted octanol–water partition coefficient (Wildman–Crippen LogP) is 5.09. The van der Waals surface area contributed by atoms with Crippen LogP contribution in [-0.4, -0.2) is 36.0 Å². The van der Waals surface area contributed by atoms with Gasteiger partial charge in [-0.25, -0.2) is 4.79 Å². The van der Waals surface area contributed by atoms with Crippen LogP contribution in [0.2, 0.25) is 0 Å². The predicted molar refractivity (Wildman–Crippen MR) is 124 cm³/mol. The van der Waals surface area contributed by atoms with Crippen molar-refractivity contribution in [3.8, 4) is 5.75 Å². The van der Waals surface area contributed by atoms with Crippen molar-refractivity contribution in [2.24, 2.45) is 28.6 Å². The number of fused-ring (bicyclic) bond motifs is 5. The Labute approximate surface area is 191 Å². The van der Waals surface area contributed by atoms with Crippen molar-refractivity contribution in [2.75, 3.05) is 7.05 Å². The number of carbonyl (C=O) groups excluding carboxylic acids is 2. The van der Waals surface area contributed by atoms with Crippen LogP contribution in [-0.2, 0) is 4.79 Å². The van der Waals surface area contributed by atoms with E-state index in [0.29, 0.717) is 29.5 Å². The van der Waals surface area contributed by atoms with Crippen molar-refractivity contribution in [3.63, 3.8) is 0 Å². The number of hydrogen-bond donors (Lipinski definition) is 1. The molecule has 0 unspecified atom stereocenters. The van der Waals surface area contributed by atoms with Crippen molar-refractivity contribution < 1.29 is 14.3 Å². The Morgan fingerprint density at radius 2 is 1.88 bits per heavy atom. The van der Waals surface area contributed by atoms with E-state index in [4.69, 9.17) is 4.74 Å². The molecule has 7 atom stereocenters. The lowest BCUT2D eigenvalue weighted by molar-refractivity contribution is -0.138. The minimum Gasteiger partial charge on any atom is -0.410 e. The lowest BCUT2D eigenvalue weighted by Crippen LogP contribution is -2.60. The first-order chi connectivity index (χ1) is 15.2. The van der Waals surface area contributed by atoms with Crippen molar-refractivity contribution in [3.05, 3.63) is 42.0 Å². The number of rotatable bonds is 2. The summed E-state index contributed by atoms with van der Waals surface area (Å²) < 4.78 is 5.65. The van der Waals surface area contributed by atoms with Crippen molar-refractivity contribution in [1.29, 1.82) is 0 Å². The Morgan fingerprint density at radius 3 is 2.66 bits per heavy atom. The number of aryl methyl sites for hydroxylation is 1. The van der Waals surface area contributed by atoms with Gasteiger partial charge in [0, 0.05) is 24.5 Å². The molecule has 1 aromatic carbocycles. The van der Waals surface area contributed by atoms with E-state index in [1.54, 1.807) is 6.08 Å². The molecule has 172 valence electrons. The van der Waals surface area contributed by atoms with Crippen LogP contribution in [0.4, 0.5) is 4.79 Å². The highest BCUT2D eigenvalue weighted by molar-refractivity contribution is 5.89. The fraction of sp³-hybridized carbons (Fsp3) is 0.630. The first-order valence-electron chi connectivity index (χ1n) is 12.2. The summed E-state index contributed by atoms with van der Waals surface area (Å²) in [5.74, 6) is 2.63. The van der Waals surface area contributed by atoms with Gasteiger partial charge in [-0.15, -0.1) is 0 Å². The second kappa shape index (κ2) is 7.64. The Balaban J connectivity index is 1.32. The molecule has 0 saturated heterocycles. The zero-order valence-corrected chi connectivity index (χ0v) is 19.8. The van der Waals surface area contributed by atoms with Gasteiger partial charge in [0.15, 0.2) is 0 Å². The minimum absolute atomic E-state index is 0.0577. The third-order valence-electron chi connectivity index (χ3n) is 9.72. The Morgan fingerprint density at radius 1 is 1.09 bits per heavy atom. The summed E-state index contributed by atoms with van der Waals surface area (Å²) in [4.78, 5) is 27.0. The molecule has 1 aliphatic heterocycles. The van der Waals surface area contributed by atoms with Crippen LogP contribution < -0.4 is 10.1 Å². The summed E-state index contributed by atoms with van der Waals surface area (Å²) in [6.07, 6.45) is 10.4. The molecule has 3 fully saturated rings. The third kappa shape index (κ3) is 3.19. The third-order valence-corrected chi connectivity index (χ3v) is 9.72. The molecule has 32 heavy (non-hydrogen) atoms. The number of nitrogens with one attached hydrogen (secondary N) is 1. The number of carbonyl (C=O) groups is 2. The number of amides is 2. The van der Waals surface area contributed by atoms with Crippen LogP contribution in [0.5, 0.6) is 5.75 Å². The maximum Gasteiger partial charge on any atom is 0.412 e. The van der Waals surface area contributed by atoms with E-state index < -0.39 is 0 Å². The summed E-state index contributed by atoms with van der Waals surface area (Å²) in [5, 5.41) is 3.24. The fourth-order valence-corrected chi connectivity index (χ4v) is 7.92. The highest BCUT2D eigenvalue weighted by Gasteiger charge is 2.60. The number of benzene rings is 1. The SMILES string of the molecule is Cc1ccccc1OC(=O)N[C@H]1CC[C@H]2[C@@H]3CC[C@H]4N(C)C(=O)C=C[C@]4(C)[C@H]3CC[C@]12C. The molecule has 1 heterocycles. The Bertz CT molecular complexity index is 958. The van der Waals surface area contributed by atoms with E-state index in [2.05, 4.69) is 25.2 Å². The lowest BCUT2D eigenvalue weighted by Gasteiger charge is -2.60. The standard InChI is InChI=1S/C27H36N2O3/c1-17-7-5-6-8-21(17)32-25(31)28-22-11-10-19-18-9-12-23-27(3,16-14-24(30)29(23)4)20(18)13-15-26(19,22)2/h5-8,14,16,18-20,22-23H,9-13,15H2,1-4H3,(H,28,31)/t18-,19-,20-,22-,23+,26-,27+/m0/s1. The van der Waals surface area contributed by atoms with Crippen LogP contribution in [0.3, 0.4) is 0 Å². The monoisotopic (exact) mass is 436 g/mol. The van der Waals surface area contributed by atoms with E-state index in [1.165, 1.54) is 6.42 Å². The first kappa shape index (κ1) is 21.5. The van der Waals surface area contributed by atoms with Gasteiger partial charge in [-0.2, -0.15) is 0 Å². The van der Waals surface area contributed by atoms with Crippen LogP contribution in [0.1, 0.15) is 57.9 Å². The van der Waals surface area contributed by atoms with Gasteiger partial charge in [0.1, 0.15) is 5.75 Å². The van der Waals surface area contributed by atoms with Gasteiger partial charge in [-0.05, 0) is 86.3 Å². The molecule has 1 N–H and O–H groups in total. The van der Waals surface area contributed by atoms with Gasteiger partial charge < -0.3 is 15.0 Å². The van der Waals surface area contributed by atoms with Crippen molar-refractivity contribution in [1.82, 2.24) is 10.2 Å². The summed E-state index contributed by atoms with van der Waals surface area (Å²) in [6.45, 7) is 6.72. The maximum absolute atomic E-state index is 12.7. The van der Waals surface area contributed by atoms with Gasteiger partial charge in [-0.3, -0.25) is 4.79 Å². The van der Waals surface area contributed by atoms with E-state index in [1.807, 2.05) is 43.1 Å². The molecule has 3 saturated carbocycles. The summed E-state index contributed by atoms with van der Waals surface area (Å²) in [6, 6.07) is 8.11. The van der Waals surface area contributed by atoms with Gasteiger partial charge in [0.05, 0.1) is 0 Å². The second-order valence-corrected chi connectivity index (χ2v) is 11.1. The summed E-state index contributed by atoms with van der Waals surface area (Å²) >= 11 is 0. The molecular formula is C27H36N2O3. The van der Waals surface area contributed by atoms with Gasteiger partial charge in [0.2, 0.25) is 5.91 Å². The van der Waals surface area contributed by atoms with Crippen molar-refractivity contribution >= 4 is 12.0 Å². The zero-order chi connectivity index (χ0) is 22.7. The van der Waals surface area contributed by atoms with E-state index in [9.17, 15) is 9.59 Å². The minimum atomic E-state index is -0.334. The van der Waals surface area contributed by atoms with Crippen LogP contribution in [0.25, 0.3) is 0 Å². The largest absolute Gasteiger partial charge is 0.412 e. The molecule has 1 aromatic rings. The summed E-state index contributed by atoms with van der Waals surface area (Å²) in [7, 11) is 1.97. The molecule has 0 aromatic heterocycles. The van der Waals surface area contributed by atoms with E-state index >= 15 is 0 Å².